The summed E-state index contributed by atoms with van der Waals surface area (Å²) in [6.07, 6.45) is 0.835. The topological polar surface area (TPSA) is 107 Å². The Morgan fingerprint density at radius 2 is 2.20 bits per heavy atom. The van der Waals surface area contributed by atoms with Crippen molar-refractivity contribution >= 4 is 12.0 Å². The lowest BCUT2D eigenvalue weighted by Gasteiger charge is -2.34. The van der Waals surface area contributed by atoms with Gasteiger partial charge in [0.05, 0.1) is 30.7 Å². The second kappa shape index (κ2) is 7.03. The standard InChI is InChI=1S/C16H17FN4O4/c17-13-9-20(16(23)24)3-1-12(13)15(22)21-14(2-4-25-21)11-5-10(6-18)7-19-8-11/h5,7-8,12-14H,1-4,9H2,(H,23,24)/t12?,13?,14-/m0/s1. The summed E-state index contributed by atoms with van der Waals surface area (Å²) in [4.78, 5) is 34.0. The van der Waals surface area contributed by atoms with E-state index >= 15 is 0 Å². The Morgan fingerprint density at radius 1 is 1.40 bits per heavy atom. The van der Waals surface area contributed by atoms with Gasteiger partial charge in [-0.3, -0.25) is 14.6 Å². The van der Waals surface area contributed by atoms with Crippen LogP contribution in [0.4, 0.5) is 9.18 Å². The number of aromatic nitrogens is 1. The van der Waals surface area contributed by atoms with Gasteiger partial charge in [-0.25, -0.2) is 14.2 Å². The molecule has 0 aromatic carbocycles. The first-order chi connectivity index (χ1) is 12.0. The van der Waals surface area contributed by atoms with Crippen LogP contribution in [0.15, 0.2) is 18.5 Å². The Kier molecular flexibility index (Phi) is 4.81. The molecule has 9 heteroatoms. The SMILES string of the molecule is N#Cc1cncc([C@@H]2CCON2C(=O)C2CCN(C(=O)O)CC2F)c1. The average Bonchev–Trinajstić information content (AvgIpc) is 3.10. The van der Waals surface area contributed by atoms with Crippen LogP contribution in [0.1, 0.15) is 30.0 Å². The number of carbonyl (C=O) groups is 2. The lowest BCUT2D eigenvalue weighted by atomic mass is 9.93. The van der Waals surface area contributed by atoms with Gasteiger partial charge in [-0.2, -0.15) is 5.26 Å². The van der Waals surface area contributed by atoms with E-state index in [4.69, 9.17) is 15.2 Å². The van der Waals surface area contributed by atoms with E-state index in [1.54, 1.807) is 12.3 Å². The molecule has 3 atom stereocenters. The summed E-state index contributed by atoms with van der Waals surface area (Å²) in [5, 5.41) is 19.1. The number of amides is 2. The molecule has 25 heavy (non-hydrogen) atoms. The zero-order valence-electron chi connectivity index (χ0n) is 13.3. The first kappa shape index (κ1) is 17.1. The number of carbonyl (C=O) groups excluding carboxylic acids is 1. The van der Waals surface area contributed by atoms with Gasteiger partial charge in [0.15, 0.2) is 0 Å². The number of piperidine rings is 1. The van der Waals surface area contributed by atoms with Crippen LogP contribution in [-0.2, 0) is 9.63 Å². The van der Waals surface area contributed by atoms with Gasteiger partial charge in [0.25, 0.3) is 5.91 Å². The maximum absolute atomic E-state index is 14.3. The molecule has 1 aromatic rings. The van der Waals surface area contributed by atoms with Crippen molar-refractivity contribution in [1.29, 1.82) is 5.26 Å². The molecule has 0 bridgehead atoms. The largest absolute Gasteiger partial charge is 0.465 e. The number of hydrogen-bond acceptors (Lipinski definition) is 5. The van der Waals surface area contributed by atoms with Crippen molar-refractivity contribution < 1.29 is 23.9 Å². The molecule has 0 aliphatic carbocycles. The zero-order valence-corrected chi connectivity index (χ0v) is 13.3. The van der Waals surface area contributed by atoms with Crippen molar-refractivity contribution in [3.05, 3.63) is 29.6 Å². The van der Waals surface area contributed by atoms with Crippen LogP contribution in [0.2, 0.25) is 0 Å². The Morgan fingerprint density at radius 3 is 2.88 bits per heavy atom. The van der Waals surface area contributed by atoms with Gasteiger partial charge >= 0.3 is 6.09 Å². The van der Waals surface area contributed by atoms with Gasteiger partial charge in [0.2, 0.25) is 0 Å². The van der Waals surface area contributed by atoms with Gasteiger partial charge in [-0.1, -0.05) is 0 Å². The van der Waals surface area contributed by atoms with Crippen molar-refractivity contribution in [1.82, 2.24) is 14.9 Å². The third kappa shape index (κ3) is 3.39. The average molecular weight is 348 g/mol. The molecule has 0 saturated carbocycles. The molecule has 0 radical (unpaired) electrons. The predicted molar refractivity (Wildman–Crippen MR) is 81.7 cm³/mol. The lowest BCUT2D eigenvalue weighted by Crippen LogP contribution is -2.49. The zero-order chi connectivity index (χ0) is 18.0. The first-order valence-corrected chi connectivity index (χ1v) is 7.94. The van der Waals surface area contributed by atoms with E-state index in [1.165, 1.54) is 6.20 Å². The van der Waals surface area contributed by atoms with Gasteiger partial charge in [-0.05, 0) is 18.1 Å². The lowest BCUT2D eigenvalue weighted by molar-refractivity contribution is -0.185. The number of nitrogens with zero attached hydrogens (tertiary/aromatic N) is 4. The summed E-state index contributed by atoms with van der Waals surface area (Å²) >= 11 is 0. The Bertz CT molecular complexity index is 722. The molecule has 2 aliphatic rings. The number of hydrogen-bond donors (Lipinski definition) is 1. The second-order valence-electron chi connectivity index (χ2n) is 6.06. The summed E-state index contributed by atoms with van der Waals surface area (Å²) in [6.45, 7) is 0.0873. The summed E-state index contributed by atoms with van der Waals surface area (Å²) < 4.78 is 14.3. The minimum Gasteiger partial charge on any atom is -0.465 e. The quantitative estimate of drug-likeness (QED) is 0.868. The maximum Gasteiger partial charge on any atom is 0.407 e. The van der Waals surface area contributed by atoms with Gasteiger partial charge < -0.3 is 10.0 Å². The third-order valence-corrected chi connectivity index (χ3v) is 4.52. The van der Waals surface area contributed by atoms with Crippen molar-refractivity contribution in [3.8, 4) is 6.07 Å². The molecule has 1 aromatic heterocycles. The number of halogens is 1. The minimum absolute atomic E-state index is 0.107. The summed E-state index contributed by atoms with van der Waals surface area (Å²) in [6, 6.07) is 3.19. The molecular formula is C16H17FN4O4. The van der Waals surface area contributed by atoms with E-state index in [2.05, 4.69) is 4.98 Å². The Labute approximate surface area is 143 Å². The van der Waals surface area contributed by atoms with E-state index in [1.807, 2.05) is 6.07 Å². The van der Waals surface area contributed by atoms with E-state index in [9.17, 15) is 14.0 Å². The normalized spacial score (nSPS) is 26.3. The van der Waals surface area contributed by atoms with Crippen LogP contribution in [0.25, 0.3) is 0 Å². The van der Waals surface area contributed by atoms with Crippen LogP contribution >= 0.6 is 0 Å². The fourth-order valence-electron chi connectivity index (χ4n) is 3.21. The van der Waals surface area contributed by atoms with E-state index < -0.39 is 30.1 Å². The third-order valence-electron chi connectivity index (χ3n) is 4.52. The number of hydroxylamine groups is 2. The van der Waals surface area contributed by atoms with Crippen molar-refractivity contribution in [3.63, 3.8) is 0 Å². The maximum atomic E-state index is 14.3. The highest BCUT2D eigenvalue weighted by Crippen LogP contribution is 2.34. The molecule has 8 nitrogen and oxygen atoms in total. The fraction of sp³-hybridized carbons (Fsp3) is 0.500. The van der Waals surface area contributed by atoms with E-state index in [0.29, 0.717) is 24.2 Å². The van der Waals surface area contributed by atoms with Crippen molar-refractivity contribution in [2.24, 2.45) is 5.92 Å². The van der Waals surface area contributed by atoms with Crippen molar-refractivity contribution in [2.45, 2.75) is 25.1 Å². The molecule has 2 aliphatic heterocycles. The highest BCUT2D eigenvalue weighted by Gasteiger charge is 2.42. The number of carboxylic acid groups (broad SMARTS) is 1. The molecule has 3 heterocycles. The summed E-state index contributed by atoms with van der Waals surface area (Å²) in [5.41, 5.74) is 1.03. The van der Waals surface area contributed by atoms with Crippen LogP contribution in [0.5, 0.6) is 0 Å². The fourth-order valence-corrected chi connectivity index (χ4v) is 3.21. The molecule has 2 amide bonds. The summed E-state index contributed by atoms with van der Waals surface area (Å²) in [5.74, 6) is -1.44. The van der Waals surface area contributed by atoms with Crippen molar-refractivity contribution in [2.75, 3.05) is 19.7 Å². The predicted octanol–water partition coefficient (Wildman–Crippen LogP) is 1.50. The van der Waals surface area contributed by atoms with Crippen LogP contribution in [0, 0.1) is 17.2 Å². The van der Waals surface area contributed by atoms with Gasteiger partial charge in [-0.15, -0.1) is 0 Å². The van der Waals surface area contributed by atoms with Gasteiger partial charge in [0, 0.05) is 25.4 Å². The molecule has 3 rings (SSSR count). The van der Waals surface area contributed by atoms with Crippen LogP contribution in [0.3, 0.4) is 0 Å². The number of alkyl halides is 1. The van der Waals surface area contributed by atoms with Crippen LogP contribution in [-0.4, -0.2) is 57.9 Å². The molecular weight excluding hydrogens is 331 g/mol. The number of nitriles is 1. The van der Waals surface area contributed by atoms with E-state index in [-0.39, 0.29) is 19.5 Å². The minimum atomic E-state index is -1.58. The van der Waals surface area contributed by atoms with Gasteiger partial charge in [0.1, 0.15) is 12.2 Å². The highest BCUT2D eigenvalue weighted by molar-refractivity contribution is 5.79. The number of likely N-dealkylation sites (tertiary alicyclic amines) is 1. The molecule has 132 valence electrons. The second-order valence-corrected chi connectivity index (χ2v) is 6.06. The molecule has 2 fully saturated rings. The molecule has 1 N–H and O–H groups in total. The number of pyridine rings is 1. The molecule has 2 unspecified atom stereocenters. The Hall–Kier alpha value is -2.73. The van der Waals surface area contributed by atoms with Crippen LogP contribution < -0.4 is 0 Å². The molecule has 2 saturated heterocycles. The Balaban J connectivity index is 1.75. The monoisotopic (exact) mass is 348 g/mol. The number of rotatable bonds is 2. The molecule has 0 spiro atoms. The summed E-state index contributed by atoms with van der Waals surface area (Å²) in [7, 11) is 0. The van der Waals surface area contributed by atoms with E-state index in [0.717, 1.165) is 9.96 Å². The first-order valence-electron chi connectivity index (χ1n) is 7.94. The highest BCUT2D eigenvalue weighted by atomic mass is 19.1. The smallest absolute Gasteiger partial charge is 0.407 e.